The molecule has 0 saturated heterocycles. The molecule has 0 atom stereocenters. The van der Waals surface area contributed by atoms with Crippen molar-refractivity contribution in [2.75, 3.05) is 20.2 Å². The Labute approximate surface area is 74.8 Å². The molecule has 8 N–H and O–H groups in total. The molecule has 8 nitrogen and oxygen atoms in total. The van der Waals surface area contributed by atoms with Crippen molar-refractivity contribution in [2.45, 2.75) is 0 Å². The van der Waals surface area contributed by atoms with Crippen molar-refractivity contribution in [2.24, 2.45) is 10.7 Å². The topological polar surface area (TPSA) is 137 Å². The summed E-state index contributed by atoms with van der Waals surface area (Å²) >= 11 is 0. The first kappa shape index (κ1) is 11.6. The molecule has 0 bridgehead atoms. The maximum atomic E-state index is 8.48. The minimum absolute atomic E-state index is 0.0422. The minimum atomic E-state index is -0.440. The molecule has 0 unspecified atom stereocenters. The normalized spacial score (nSPS) is 12.8. The summed E-state index contributed by atoms with van der Waals surface area (Å²) in [6, 6.07) is 0. The summed E-state index contributed by atoms with van der Waals surface area (Å²) in [6.45, 7) is -1.10. The average molecular weight is 192 g/mol. The highest BCUT2D eigenvalue weighted by atomic mass is 16.3. The van der Waals surface area contributed by atoms with Crippen LogP contribution in [0.2, 0.25) is 0 Å². The van der Waals surface area contributed by atoms with E-state index in [2.05, 4.69) is 20.6 Å². The number of rotatable bonds is 3. The fourth-order valence-electron chi connectivity index (χ4n) is 0.553. The zero-order chi connectivity index (χ0) is 10.1. The van der Waals surface area contributed by atoms with Crippen LogP contribution >= 0.6 is 0 Å². The standard InChI is InChI=1S/C5H13N5O3/c6-4(7-1-11)10-5(8-2-12)9-3-13/h11-13H,1-3H2,(H4,6,7,8,9,10)/p+1. The first-order valence-corrected chi connectivity index (χ1v) is 3.48. The molecule has 0 spiro atoms. The van der Waals surface area contributed by atoms with E-state index in [4.69, 9.17) is 21.1 Å². The molecule has 0 aromatic rings. The Hall–Kier alpha value is -1.38. The largest absolute Gasteiger partial charge is 0.374 e. The summed E-state index contributed by atoms with van der Waals surface area (Å²) in [5.74, 6) is 0.152. The van der Waals surface area contributed by atoms with Crippen molar-refractivity contribution in [1.82, 2.24) is 10.6 Å². The van der Waals surface area contributed by atoms with E-state index in [0.717, 1.165) is 0 Å². The Balaban J connectivity index is 4.09. The fourth-order valence-corrected chi connectivity index (χ4v) is 0.553. The van der Waals surface area contributed by atoms with Crippen LogP contribution in [0, 0.1) is 0 Å². The molecule has 13 heavy (non-hydrogen) atoms. The second-order valence-electron chi connectivity index (χ2n) is 1.85. The molecule has 0 aromatic heterocycles. The molecule has 0 fully saturated rings. The number of nitrogens with one attached hydrogen (secondary N) is 3. The second-order valence-corrected chi connectivity index (χ2v) is 1.85. The average Bonchev–Trinajstić information content (AvgIpc) is 2.05. The first-order chi connectivity index (χ1) is 6.24. The van der Waals surface area contributed by atoms with E-state index >= 15 is 0 Å². The molecule has 0 aliphatic rings. The van der Waals surface area contributed by atoms with Crippen molar-refractivity contribution in [1.29, 1.82) is 0 Å². The number of aliphatic hydroxyl groups excluding tert-OH is 3. The number of guanidine groups is 2. The van der Waals surface area contributed by atoms with Gasteiger partial charge in [-0.3, -0.25) is 10.3 Å². The van der Waals surface area contributed by atoms with Crippen LogP contribution in [0.1, 0.15) is 0 Å². The van der Waals surface area contributed by atoms with Gasteiger partial charge >= 0.3 is 5.96 Å². The third-order valence-corrected chi connectivity index (χ3v) is 1.01. The van der Waals surface area contributed by atoms with Gasteiger partial charge in [0.05, 0.1) is 0 Å². The maximum Gasteiger partial charge on any atom is 0.354 e. The minimum Gasteiger partial charge on any atom is -0.374 e. The van der Waals surface area contributed by atoms with Crippen LogP contribution in [0.25, 0.3) is 0 Å². The molecule has 0 amide bonds. The van der Waals surface area contributed by atoms with Crippen LogP contribution in [-0.4, -0.2) is 47.4 Å². The zero-order valence-corrected chi connectivity index (χ0v) is 6.99. The lowest BCUT2D eigenvalue weighted by Gasteiger charge is -2.01. The second kappa shape index (κ2) is 7.28. The van der Waals surface area contributed by atoms with E-state index < -0.39 is 6.73 Å². The van der Waals surface area contributed by atoms with E-state index in [1.165, 1.54) is 0 Å². The van der Waals surface area contributed by atoms with E-state index in [1.807, 2.05) is 0 Å². The van der Waals surface area contributed by atoms with E-state index in [1.54, 1.807) is 0 Å². The monoisotopic (exact) mass is 192 g/mol. The number of nitrogens with two attached hydrogens (primary N) is 1. The van der Waals surface area contributed by atoms with Gasteiger partial charge in [0.2, 0.25) is 0 Å². The molecule has 0 aliphatic heterocycles. The van der Waals surface area contributed by atoms with Crippen molar-refractivity contribution in [3.05, 3.63) is 0 Å². The van der Waals surface area contributed by atoms with Crippen LogP contribution in [0.5, 0.6) is 0 Å². The number of aliphatic imine (C=N–C) groups is 1. The van der Waals surface area contributed by atoms with Gasteiger partial charge < -0.3 is 21.1 Å². The van der Waals surface area contributed by atoms with Gasteiger partial charge in [0.15, 0.2) is 13.5 Å². The summed E-state index contributed by atoms with van der Waals surface area (Å²) in [4.78, 5) is 5.82. The summed E-state index contributed by atoms with van der Waals surface area (Å²) < 4.78 is 0. The molecule has 0 heterocycles. The highest BCUT2D eigenvalue weighted by Crippen LogP contribution is 1.61. The maximum absolute atomic E-state index is 8.48. The fraction of sp³-hybridized carbons (Fsp3) is 0.600. The van der Waals surface area contributed by atoms with Gasteiger partial charge in [-0.15, -0.1) is 0 Å². The molecule has 0 rings (SSSR count). The van der Waals surface area contributed by atoms with Gasteiger partial charge in [0, 0.05) is 0 Å². The Morgan fingerprint density at radius 3 is 2.54 bits per heavy atom. The van der Waals surface area contributed by atoms with Gasteiger partial charge in [-0.25, -0.2) is 10.3 Å². The SMILES string of the molecule is NC(=NCO)NC(NCO)=[NH+]CO. The van der Waals surface area contributed by atoms with E-state index in [-0.39, 0.29) is 25.4 Å². The number of nitrogens with zero attached hydrogens (tertiary/aromatic N) is 1. The van der Waals surface area contributed by atoms with Gasteiger partial charge in [-0.1, -0.05) is 0 Å². The Morgan fingerprint density at radius 2 is 2.08 bits per heavy atom. The van der Waals surface area contributed by atoms with Crippen LogP contribution in [-0.2, 0) is 0 Å². The van der Waals surface area contributed by atoms with E-state index in [9.17, 15) is 0 Å². The van der Waals surface area contributed by atoms with E-state index in [0.29, 0.717) is 0 Å². The summed E-state index contributed by atoms with van der Waals surface area (Å²) in [5.41, 5.74) is 5.26. The third kappa shape index (κ3) is 5.84. The molecule has 0 saturated carbocycles. The van der Waals surface area contributed by atoms with Crippen LogP contribution in [0.4, 0.5) is 0 Å². The molecule has 0 aromatic carbocycles. The molecule has 76 valence electrons. The third-order valence-electron chi connectivity index (χ3n) is 1.01. The predicted octanol–water partition coefficient (Wildman–Crippen LogP) is -5.23. The van der Waals surface area contributed by atoms with Crippen LogP contribution in [0.3, 0.4) is 0 Å². The van der Waals surface area contributed by atoms with Gasteiger partial charge in [0.1, 0.15) is 6.73 Å². The van der Waals surface area contributed by atoms with Crippen molar-refractivity contribution in [3.63, 3.8) is 0 Å². The smallest absolute Gasteiger partial charge is 0.354 e. The van der Waals surface area contributed by atoms with Crippen molar-refractivity contribution in [3.8, 4) is 0 Å². The Kier molecular flexibility index (Phi) is 6.51. The lowest BCUT2D eigenvalue weighted by molar-refractivity contribution is -0.505. The molecular formula is C5H14N5O3+. The van der Waals surface area contributed by atoms with Crippen LogP contribution < -0.4 is 21.4 Å². The summed E-state index contributed by atoms with van der Waals surface area (Å²) in [7, 11) is 0. The van der Waals surface area contributed by atoms with Gasteiger partial charge in [-0.2, -0.15) is 0 Å². The number of hydrogen-bond acceptors (Lipinski definition) is 4. The Bertz CT molecular complexity index is 193. The molecule has 0 aliphatic carbocycles. The van der Waals surface area contributed by atoms with Crippen molar-refractivity contribution < 1.29 is 20.3 Å². The lowest BCUT2D eigenvalue weighted by atomic mass is 10.8. The predicted molar refractivity (Wildman–Crippen MR) is 45.1 cm³/mol. The number of hydrogen-bond donors (Lipinski definition) is 7. The van der Waals surface area contributed by atoms with Gasteiger partial charge in [-0.05, 0) is 0 Å². The first-order valence-electron chi connectivity index (χ1n) is 3.48. The summed E-state index contributed by atoms with van der Waals surface area (Å²) in [6.07, 6.45) is 0. The molecule has 8 heteroatoms. The van der Waals surface area contributed by atoms with Crippen molar-refractivity contribution >= 4 is 11.9 Å². The zero-order valence-electron chi connectivity index (χ0n) is 6.99. The Morgan fingerprint density at radius 1 is 1.38 bits per heavy atom. The quantitative estimate of drug-likeness (QED) is 0.135. The van der Waals surface area contributed by atoms with Crippen LogP contribution in [0.15, 0.2) is 4.99 Å². The van der Waals surface area contributed by atoms with Gasteiger partial charge in [0.25, 0.3) is 5.96 Å². The molecule has 0 radical (unpaired) electrons. The highest BCUT2D eigenvalue weighted by Gasteiger charge is 2.05. The molecular weight excluding hydrogens is 178 g/mol. The highest BCUT2D eigenvalue weighted by molar-refractivity contribution is 5.95. The lowest BCUT2D eigenvalue weighted by Crippen LogP contribution is -2.80. The number of aliphatic hydroxyl groups is 3. The summed E-state index contributed by atoms with van der Waals surface area (Å²) in [5, 5.41) is 30.2.